The van der Waals surface area contributed by atoms with Crippen LogP contribution in [0.5, 0.6) is 5.75 Å². The van der Waals surface area contributed by atoms with Crippen molar-refractivity contribution in [2.24, 2.45) is 0 Å². The molecule has 2 N–H and O–H groups in total. The maximum Gasteiger partial charge on any atom is 0.257 e. The van der Waals surface area contributed by atoms with E-state index in [-0.39, 0.29) is 48.7 Å². The zero-order valence-electron chi connectivity index (χ0n) is 19.9. The number of fused-ring (bicyclic) bond motifs is 2. The summed E-state index contributed by atoms with van der Waals surface area (Å²) in [6.45, 7) is 2.87. The summed E-state index contributed by atoms with van der Waals surface area (Å²) in [6.07, 6.45) is 1.92. The van der Waals surface area contributed by atoms with Crippen LogP contribution in [-0.2, 0) is 9.53 Å². The van der Waals surface area contributed by atoms with Crippen molar-refractivity contribution >= 4 is 23.4 Å². The number of hydrogen-bond donors (Lipinski definition) is 2. The number of hydrogen-bond acceptors (Lipinski definition) is 5. The Labute approximate surface area is 203 Å². The summed E-state index contributed by atoms with van der Waals surface area (Å²) in [4.78, 5) is 39.6. The molecule has 1 saturated heterocycles. The number of benzene rings is 2. The van der Waals surface area contributed by atoms with Gasteiger partial charge in [0.05, 0.1) is 24.1 Å². The van der Waals surface area contributed by atoms with Crippen molar-refractivity contribution in [2.75, 3.05) is 25.5 Å². The van der Waals surface area contributed by atoms with Crippen LogP contribution in [0.1, 0.15) is 53.3 Å². The molecule has 0 bridgehead atoms. The van der Waals surface area contributed by atoms with Crippen LogP contribution in [0.25, 0.3) is 0 Å². The van der Waals surface area contributed by atoms with Gasteiger partial charge in [0.1, 0.15) is 24.3 Å². The molecule has 3 atom stereocenters. The fraction of sp³-hybridized carbons (Fsp3) is 0.423. The number of nitrogens with one attached hydrogen (secondary N) is 2. The highest BCUT2D eigenvalue weighted by Crippen LogP contribution is 2.32. The molecule has 2 aliphatic heterocycles. The van der Waals surface area contributed by atoms with E-state index in [1.165, 1.54) is 18.2 Å². The number of likely N-dealkylation sites (N-methyl/N-ethyl adjacent to an activating group) is 1. The molecule has 35 heavy (non-hydrogen) atoms. The van der Waals surface area contributed by atoms with Crippen LogP contribution in [0.2, 0.25) is 0 Å². The van der Waals surface area contributed by atoms with Crippen molar-refractivity contribution in [3.8, 4) is 5.75 Å². The van der Waals surface area contributed by atoms with Crippen LogP contribution in [0.4, 0.5) is 10.1 Å². The lowest BCUT2D eigenvalue weighted by atomic mass is 9.94. The molecule has 0 unspecified atom stereocenters. The molecular weight excluding hydrogens is 453 g/mol. The second-order valence-corrected chi connectivity index (χ2v) is 8.90. The monoisotopic (exact) mass is 483 g/mol. The molecule has 8 nitrogen and oxygen atoms in total. The first-order valence-corrected chi connectivity index (χ1v) is 11.9. The third kappa shape index (κ3) is 5.79. The van der Waals surface area contributed by atoms with Gasteiger partial charge in [0.25, 0.3) is 11.8 Å². The molecule has 0 aromatic heterocycles. The number of rotatable bonds is 6. The zero-order chi connectivity index (χ0) is 24.9. The van der Waals surface area contributed by atoms with Crippen LogP contribution in [-0.4, -0.2) is 61.1 Å². The van der Waals surface area contributed by atoms with Crippen molar-refractivity contribution < 1.29 is 28.2 Å². The number of amides is 3. The maximum absolute atomic E-state index is 13.5. The smallest absolute Gasteiger partial charge is 0.257 e. The average molecular weight is 484 g/mol. The predicted octanol–water partition coefficient (Wildman–Crippen LogP) is 3.37. The second kappa shape index (κ2) is 10.9. The fourth-order valence-electron chi connectivity index (χ4n) is 4.48. The van der Waals surface area contributed by atoms with E-state index >= 15 is 0 Å². The molecule has 3 amide bonds. The fourth-order valence-corrected chi connectivity index (χ4v) is 4.48. The van der Waals surface area contributed by atoms with Gasteiger partial charge in [0, 0.05) is 24.8 Å². The van der Waals surface area contributed by atoms with Gasteiger partial charge in [0.15, 0.2) is 0 Å². The summed E-state index contributed by atoms with van der Waals surface area (Å²) in [5.74, 6) is -0.889. The topological polar surface area (TPSA) is 97.0 Å². The lowest BCUT2D eigenvalue weighted by molar-refractivity contribution is -0.134. The Morgan fingerprint density at radius 2 is 2.00 bits per heavy atom. The van der Waals surface area contributed by atoms with Crippen LogP contribution in [0, 0.1) is 5.82 Å². The molecule has 2 heterocycles. The Morgan fingerprint density at radius 1 is 1.17 bits per heavy atom. The summed E-state index contributed by atoms with van der Waals surface area (Å²) in [6, 6.07) is 10.0. The van der Waals surface area contributed by atoms with Gasteiger partial charge in [-0.1, -0.05) is 13.0 Å². The predicted molar refractivity (Wildman–Crippen MR) is 128 cm³/mol. The molecule has 0 radical (unpaired) electrons. The Balaban J connectivity index is 1.47. The van der Waals surface area contributed by atoms with Gasteiger partial charge in [-0.3, -0.25) is 14.4 Å². The quantitative estimate of drug-likeness (QED) is 0.657. The van der Waals surface area contributed by atoms with E-state index in [1.54, 1.807) is 30.1 Å². The van der Waals surface area contributed by atoms with Gasteiger partial charge in [-0.05, 0) is 55.7 Å². The summed E-state index contributed by atoms with van der Waals surface area (Å²) >= 11 is 0. The highest BCUT2D eigenvalue weighted by Gasteiger charge is 2.39. The SMILES string of the molecule is CCCNC(=O)C[C@@H]1CC[C@H]2[C@H](COc3ccc(NC(=O)c4cccc(F)c4)cc3C(=O)N2C)O1. The Kier molecular flexibility index (Phi) is 7.65. The first-order valence-electron chi connectivity index (χ1n) is 11.9. The zero-order valence-corrected chi connectivity index (χ0v) is 19.9. The van der Waals surface area contributed by atoms with Gasteiger partial charge in [-0.15, -0.1) is 0 Å². The lowest BCUT2D eigenvalue weighted by Gasteiger charge is -2.42. The number of carbonyl (C=O) groups excluding carboxylic acids is 3. The second-order valence-electron chi connectivity index (χ2n) is 8.90. The maximum atomic E-state index is 13.5. The number of nitrogens with zero attached hydrogens (tertiary/aromatic N) is 1. The normalized spacial score (nSPS) is 21.6. The number of anilines is 1. The van der Waals surface area contributed by atoms with Gasteiger partial charge >= 0.3 is 0 Å². The van der Waals surface area contributed by atoms with Crippen molar-refractivity contribution in [3.63, 3.8) is 0 Å². The molecule has 4 rings (SSSR count). The minimum Gasteiger partial charge on any atom is -0.490 e. The van der Waals surface area contributed by atoms with Crippen molar-refractivity contribution in [3.05, 3.63) is 59.4 Å². The largest absolute Gasteiger partial charge is 0.490 e. The molecule has 2 aromatic carbocycles. The van der Waals surface area contributed by atoms with E-state index in [9.17, 15) is 18.8 Å². The lowest BCUT2D eigenvalue weighted by Crippen LogP contribution is -2.54. The molecule has 2 aliphatic rings. The third-order valence-corrected chi connectivity index (χ3v) is 6.34. The number of halogens is 1. The average Bonchev–Trinajstić information content (AvgIpc) is 2.85. The Bertz CT molecular complexity index is 1110. The van der Waals surface area contributed by atoms with Crippen molar-refractivity contribution in [2.45, 2.75) is 50.9 Å². The highest BCUT2D eigenvalue weighted by atomic mass is 19.1. The van der Waals surface area contributed by atoms with Crippen LogP contribution < -0.4 is 15.4 Å². The summed E-state index contributed by atoms with van der Waals surface area (Å²) < 4.78 is 25.6. The summed E-state index contributed by atoms with van der Waals surface area (Å²) in [5.41, 5.74) is 0.902. The first-order chi connectivity index (χ1) is 16.9. The van der Waals surface area contributed by atoms with E-state index in [4.69, 9.17) is 9.47 Å². The van der Waals surface area contributed by atoms with E-state index < -0.39 is 11.7 Å². The molecule has 0 spiro atoms. The standard InChI is InChI=1S/C26H30FN3O5/c1-3-11-28-24(31)14-19-8-9-21-23(35-19)15-34-22-10-7-18(13-20(22)26(33)30(21)2)29-25(32)16-5-4-6-17(27)12-16/h4-7,10,12-13,19,21,23H,3,8-9,11,14-15H2,1-2H3,(H,28,31)(H,29,32)/t19-,21-,23-/m0/s1. The van der Waals surface area contributed by atoms with Gasteiger partial charge in [-0.25, -0.2) is 4.39 Å². The summed E-state index contributed by atoms with van der Waals surface area (Å²) in [5, 5.41) is 5.58. The molecule has 9 heteroatoms. The highest BCUT2D eigenvalue weighted by molar-refractivity contribution is 6.05. The molecule has 2 aromatic rings. The molecule has 0 aliphatic carbocycles. The van der Waals surface area contributed by atoms with Gasteiger partial charge in [0.2, 0.25) is 5.91 Å². The Hall–Kier alpha value is -3.46. The molecule has 186 valence electrons. The third-order valence-electron chi connectivity index (χ3n) is 6.34. The van der Waals surface area contributed by atoms with Crippen molar-refractivity contribution in [1.82, 2.24) is 10.2 Å². The Morgan fingerprint density at radius 3 is 2.77 bits per heavy atom. The molecule has 0 saturated carbocycles. The molecule has 1 fully saturated rings. The molecular formula is C26H30FN3O5. The van der Waals surface area contributed by atoms with Crippen molar-refractivity contribution in [1.29, 1.82) is 0 Å². The van der Waals surface area contributed by atoms with Gasteiger partial charge in [-0.2, -0.15) is 0 Å². The van der Waals surface area contributed by atoms with Gasteiger partial charge < -0.3 is 25.0 Å². The van der Waals surface area contributed by atoms with Crippen LogP contribution >= 0.6 is 0 Å². The van der Waals surface area contributed by atoms with Crippen LogP contribution in [0.15, 0.2) is 42.5 Å². The van der Waals surface area contributed by atoms with E-state index in [2.05, 4.69) is 10.6 Å². The van der Waals surface area contributed by atoms with E-state index in [0.29, 0.717) is 36.4 Å². The number of ether oxygens (including phenoxy) is 2. The van der Waals surface area contributed by atoms with Crippen LogP contribution in [0.3, 0.4) is 0 Å². The van der Waals surface area contributed by atoms with E-state index in [0.717, 1.165) is 12.5 Å². The first kappa shape index (κ1) is 24.7. The summed E-state index contributed by atoms with van der Waals surface area (Å²) in [7, 11) is 1.73. The minimum absolute atomic E-state index is 0.0374. The van der Waals surface area contributed by atoms with E-state index in [1.807, 2.05) is 6.92 Å². The number of carbonyl (C=O) groups is 3. The minimum atomic E-state index is -0.505.